The number of fused-ring (bicyclic) bond motifs is 1. The van der Waals surface area contributed by atoms with Crippen LogP contribution >= 0.6 is 11.3 Å². The third-order valence-corrected chi connectivity index (χ3v) is 5.36. The maximum atomic E-state index is 5.95. The number of thiophene rings is 1. The van der Waals surface area contributed by atoms with Gasteiger partial charge in [0.1, 0.15) is 0 Å². The average Bonchev–Trinajstić information content (AvgIpc) is 2.84. The van der Waals surface area contributed by atoms with Crippen LogP contribution in [0.15, 0.2) is 12.1 Å². The molecule has 1 aliphatic carbocycles. The van der Waals surface area contributed by atoms with E-state index in [1.165, 1.54) is 9.75 Å². The molecule has 3 nitrogen and oxygen atoms in total. The van der Waals surface area contributed by atoms with E-state index in [0.29, 0.717) is 18.2 Å². The summed E-state index contributed by atoms with van der Waals surface area (Å²) in [6.07, 6.45) is 4.23. The van der Waals surface area contributed by atoms with Crippen molar-refractivity contribution in [1.82, 2.24) is 4.90 Å². The van der Waals surface area contributed by atoms with Crippen LogP contribution in [0.1, 0.15) is 29.0 Å². The van der Waals surface area contributed by atoms with Crippen LogP contribution in [0.4, 0.5) is 0 Å². The number of rotatable bonds is 3. The molecule has 2 heterocycles. The molecule has 1 saturated carbocycles. The molecular weight excluding hydrogens is 258 g/mol. The highest BCUT2D eigenvalue weighted by atomic mass is 32.1. The fraction of sp³-hybridized carbons (Fsp3) is 0.733. The zero-order chi connectivity index (χ0) is 13.2. The van der Waals surface area contributed by atoms with E-state index in [0.717, 1.165) is 39.0 Å². The molecule has 0 unspecified atom stereocenters. The van der Waals surface area contributed by atoms with Crippen LogP contribution in [0.5, 0.6) is 0 Å². The quantitative estimate of drug-likeness (QED) is 0.850. The Hall–Kier alpha value is -0.420. The molecule has 1 aliphatic heterocycles. The molecule has 0 N–H and O–H groups in total. The Bertz CT molecular complexity index is 420. The largest absolute Gasteiger partial charge is 0.381 e. The van der Waals surface area contributed by atoms with Gasteiger partial charge in [0.05, 0.1) is 18.8 Å². The van der Waals surface area contributed by atoms with E-state index < -0.39 is 0 Å². The van der Waals surface area contributed by atoms with Crippen molar-refractivity contribution in [2.24, 2.45) is 0 Å². The maximum absolute atomic E-state index is 5.95. The Morgan fingerprint density at radius 2 is 2.32 bits per heavy atom. The van der Waals surface area contributed by atoms with Crippen LogP contribution in [0.3, 0.4) is 0 Å². The van der Waals surface area contributed by atoms with E-state index in [1.807, 2.05) is 18.4 Å². The highest BCUT2D eigenvalue weighted by Crippen LogP contribution is 2.31. The van der Waals surface area contributed by atoms with Crippen LogP contribution in [0, 0.1) is 6.92 Å². The first kappa shape index (κ1) is 13.6. The summed E-state index contributed by atoms with van der Waals surface area (Å²) in [4.78, 5) is 5.47. The summed E-state index contributed by atoms with van der Waals surface area (Å²) in [5, 5.41) is 0. The molecule has 2 aliphatic rings. The number of morpholine rings is 1. The molecule has 3 atom stereocenters. The number of methoxy groups -OCH3 is 1. The zero-order valence-corrected chi connectivity index (χ0v) is 12.6. The number of hydrogen-bond donors (Lipinski definition) is 0. The fourth-order valence-corrected chi connectivity index (χ4v) is 4.24. The Balaban J connectivity index is 1.69. The van der Waals surface area contributed by atoms with Gasteiger partial charge < -0.3 is 9.47 Å². The molecule has 106 valence electrons. The van der Waals surface area contributed by atoms with Crippen molar-refractivity contribution < 1.29 is 9.47 Å². The molecule has 0 spiro atoms. The smallest absolute Gasteiger partial charge is 0.0732 e. The van der Waals surface area contributed by atoms with Crippen LogP contribution in [-0.2, 0) is 16.0 Å². The molecule has 0 aromatic carbocycles. The molecule has 1 aromatic heterocycles. The predicted octanol–water partition coefficient (Wildman–Crippen LogP) is 2.82. The SMILES string of the molecule is CO[C@@H]1CC[C@H]2OCCN(Cc3ccc(C)s3)[C@@H]2C1. The molecule has 1 aromatic rings. The highest BCUT2D eigenvalue weighted by molar-refractivity contribution is 7.11. The van der Waals surface area contributed by atoms with Gasteiger partial charge in [0, 0.05) is 36.0 Å². The average molecular weight is 281 g/mol. The van der Waals surface area contributed by atoms with Crippen molar-refractivity contribution in [3.05, 3.63) is 21.9 Å². The Morgan fingerprint density at radius 3 is 3.05 bits per heavy atom. The summed E-state index contributed by atoms with van der Waals surface area (Å²) >= 11 is 1.91. The normalized spacial score (nSPS) is 32.2. The molecule has 1 saturated heterocycles. The lowest BCUT2D eigenvalue weighted by atomic mass is 9.88. The first-order valence-corrected chi connectivity index (χ1v) is 8.01. The molecule has 0 radical (unpaired) electrons. The minimum Gasteiger partial charge on any atom is -0.381 e. The van der Waals surface area contributed by atoms with Gasteiger partial charge in [-0.2, -0.15) is 0 Å². The second-order valence-corrected chi connectivity index (χ2v) is 7.00. The van der Waals surface area contributed by atoms with Gasteiger partial charge in [0.2, 0.25) is 0 Å². The first-order valence-electron chi connectivity index (χ1n) is 7.20. The summed E-state index contributed by atoms with van der Waals surface area (Å²) in [6.45, 7) is 5.18. The zero-order valence-electron chi connectivity index (χ0n) is 11.8. The number of hydrogen-bond acceptors (Lipinski definition) is 4. The number of nitrogens with zero attached hydrogens (tertiary/aromatic N) is 1. The second-order valence-electron chi connectivity index (χ2n) is 5.63. The van der Waals surface area contributed by atoms with Crippen molar-refractivity contribution in [2.75, 3.05) is 20.3 Å². The third-order valence-electron chi connectivity index (χ3n) is 4.37. The first-order chi connectivity index (χ1) is 9.26. The maximum Gasteiger partial charge on any atom is 0.0732 e. The molecule has 4 heteroatoms. The Morgan fingerprint density at radius 1 is 1.42 bits per heavy atom. The lowest BCUT2D eigenvalue weighted by molar-refractivity contribution is -0.115. The van der Waals surface area contributed by atoms with E-state index in [-0.39, 0.29) is 0 Å². The molecule has 0 amide bonds. The lowest BCUT2D eigenvalue weighted by Gasteiger charge is -2.45. The molecule has 2 fully saturated rings. The molecule has 3 rings (SSSR count). The van der Waals surface area contributed by atoms with E-state index in [9.17, 15) is 0 Å². The molecule has 19 heavy (non-hydrogen) atoms. The van der Waals surface area contributed by atoms with Gasteiger partial charge >= 0.3 is 0 Å². The predicted molar refractivity (Wildman–Crippen MR) is 77.6 cm³/mol. The van der Waals surface area contributed by atoms with Gasteiger partial charge in [-0.05, 0) is 38.3 Å². The minimum absolute atomic E-state index is 0.413. The molecule has 0 bridgehead atoms. The fourth-order valence-electron chi connectivity index (χ4n) is 3.33. The van der Waals surface area contributed by atoms with E-state index in [1.54, 1.807) is 0 Å². The van der Waals surface area contributed by atoms with E-state index >= 15 is 0 Å². The Kier molecular flexibility index (Phi) is 4.22. The topological polar surface area (TPSA) is 21.7 Å². The summed E-state index contributed by atoms with van der Waals surface area (Å²) in [7, 11) is 1.83. The lowest BCUT2D eigenvalue weighted by Crippen LogP contribution is -2.54. The van der Waals surface area contributed by atoms with Crippen molar-refractivity contribution in [3.8, 4) is 0 Å². The summed E-state index contributed by atoms with van der Waals surface area (Å²) in [5.74, 6) is 0. The van der Waals surface area contributed by atoms with Crippen LogP contribution in [0.2, 0.25) is 0 Å². The van der Waals surface area contributed by atoms with Gasteiger partial charge in [-0.1, -0.05) is 0 Å². The number of ether oxygens (including phenoxy) is 2. The highest BCUT2D eigenvalue weighted by Gasteiger charge is 2.37. The minimum atomic E-state index is 0.413. The summed E-state index contributed by atoms with van der Waals surface area (Å²) in [5.41, 5.74) is 0. The Labute approximate surface area is 119 Å². The van der Waals surface area contributed by atoms with Crippen molar-refractivity contribution in [1.29, 1.82) is 0 Å². The van der Waals surface area contributed by atoms with E-state index in [4.69, 9.17) is 9.47 Å². The standard InChI is InChI=1S/C15H23NO2S/c1-11-3-5-13(19-11)10-16-7-8-18-15-6-4-12(17-2)9-14(15)16/h3,5,12,14-15H,4,6-10H2,1-2H3/t12-,14-,15-/m1/s1. The van der Waals surface area contributed by atoms with Gasteiger partial charge in [0.15, 0.2) is 0 Å². The summed E-state index contributed by atoms with van der Waals surface area (Å²) in [6, 6.07) is 5.02. The number of aryl methyl sites for hydroxylation is 1. The van der Waals surface area contributed by atoms with Gasteiger partial charge in [-0.15, -0.1) is 11.3 Å². The van der Waals surface area contributed by atoms with Crippen LogP contribution in [-0.4, -0.2) is 43.4 Å². The van der Waals surface area contributed by atoms with Crippen molar-refractivity contribution in [2.45, 2.75) is 51.0 Å². The third kappa shape index (κ3) is 3.02. The van der Waals surface area contributed by atoms with E-state index in [2.05, 4.69) is 24.0 Å². The van der Waals surface area contributed by atoms with Gasteiger partial charge in [-0.3, -0.25) is 4.90 Å². The molecular formula is C15H23NO2S. The van der Waals surface area contributed by atoms with Gasteiger partial charge in [0.25, 0.3) is 0 Å². The van der Waals surface area contributed by atoms with Crippen LogP contribution < -0.4 is 0 Å². The summed E-state index contributed by atoms with van der Waals surface area (Å²) < 4.78 is 11.5. The van der Waals surface area contributed by atoms with Crippen molar-refractivity contribution >= 4 is 11.3 Å². The second kappa shape index (κ2) is 5.92. The van der Waals surface area contributed by atoms with Gasteiger partial charge in [-0.25, -0.2) is 0 Å². The van der Waals surface area contributed by atoms with Crippen LogP contribution in [0.25, 0.3) is 0 Å². The van der Waals surface area contributed by atoms with Crippen molar-refractivity contribution in [3.63, 3.8) is 0 Å². The monoisotopic (exact) mass is 281 g/mol.